The van der Waals surface area contributed by atoms with Crippen LogP contribution in [0.4, 0.5) is 11.4 Å². The molecule has 3 aromatic carbocycles. The third-order valence-corrected chi connectivity index (χ3v) is 5.46. The van der Waals surface area contributed by atoms with E-state index in [0.29, 0.717) is 34.2 Å². The fraction of sp³-hybridized carbons (Fsp3) is 0.200. The predicted octanol–water partition coefficient (Wildman–Crippen LogP) is 5.30. The molecule has 0 aliphatic heterocycles. The molecule has 0 bridgehead atoms. The lowest BCUT2D eigenvalue weighted by Crippen LogP contribution is -2.21. The van der Waals surface area contributed by atoms with Crippen LogP contribution < -0.4 is 24.8 Å². The Kier molecular flexibility index (Phi) is 8.32. The number of carbonyl (C=O) groups is 2. The second kappa shape index (κ2) is 11.4. The first-order valence-electron chi connectivity index (χ1n) is 10.3. The molecule has 0 saturated heterocycles. The number of nitrogens with one attached hydrogen (secondary N) is 2. The maximum atomic E-state index is 12.5. The first-order chi connectivity index (χ1) is 15.9. The van der Waals surface area contributed by atoms with Gasteiger partial charge in [0.15, 0.2) is 6.61 Å². The molecule has 0 radical (unpaired) electrons. The number of methoxy groups -OCH3 is 2. The van der Waals surface area contributed by atoms with Crippen LogP contribution in [0.25, 0.3) is 0 Å². The fourth-order valence-corrected chi connectivity index (χ4v) is 3.63. The van der Waals surface area contributed by atoms with Gasteiger partial charge in [-0.2, -0.15) is 0 Å². The van der Waals surface area contributed by atoms with Gasteiger partial charge < -0.3 is 24.8 Å². The molecule has 7 nitrogen and oxygen atoms in total. The normalized spacial score (nSPS) is 10.3. The van der Waals surface area contributed by atoms with Crippen molar-refractivity contribution in [2.75, 3.05) is 31.5 Å². The largest absolute Gasteiger partial charge is 0.494 e. The molecule has 172 valence electrons. The van der Waals surface area contributed by atoms with Gasteiger partial charge in [0.25, 0.3) is 11.8 Å². The number of rotatable bonds is 9. The van der Waals surface area contributed by atoms with Gasteiger partial charge in [-0.1, -0.05) is 31.2 Å². The van der Waals surface area contributed by atoms with E-state index in [-0.39, 0.29) is 18.4 Å². The molecule has 3 rings (SSSR count). The van der Waals surface area contributed by atoms with Crippen molar-refractivity contribution >= 4 is 39.1 Å². The van der Waals surface area contributed by atoms with Crippen LogP contribution >= 0.6 is 15.9 Å². The van der Waals surface area contributed by atoms with E-state index < -0.39 is 0 Å². The smallest absolute Gasteiger partial charge is 0.262 e. The summed E-state index contributed by atoms with van der Waals surface area (Å²) in [5.41, 5.74) is 2.47. The molecule has 33 heavy (non-hydrogen) atoms. The van der Waals surface area contributed by atoms with Crippen molar-refractivity contribution in [3.05, 3.63) is 76.3 Å². The summed E-state index contributed by atoms with van der Waals surface area (Å²) in [5.74, 6) is 0.643. The van der Waals surface area contributed by atoms with Crippen LogP contribution in [-0.4, -0.2) is 32.6 Å². The van der Waals surface area contributed by atoms with Crippen LogP contribution in [0.1, 0.15) is 22.8 Å². The van der Waals surface area contributed by atoms with Gasteiger partial charge in [-0.15, -0.1) is 0 Å². The maximum Gasteiger partial charge on any atom is 0.262 e. The average molecular weight is 513 g/mol. The van der Waals surface area contributed by atoms with E-state index in [0.717, 1.165) is 16.5 Å². The van der Waals surface area contributed by atoms with Crippen LogP contribution in [0.15, 0.2) is 65.1 Å². The number of benzene rings is 3. The monoisotopic (exact) mass is 512 g/mol. The van der Waals surface area contributed by atoms with E-state index in [1.807, 2.05) is 24.3 Å². The molecule has 0 fully saturated rings. The lowest BCUT2D eigenvalue weighted by atomic mass is 10.2. The molecule has 8 heteroatoms. The Morgan fingerprint density at radius 1 is 0.848 bits per heavy atom. The van der Waals surface area contributed by atoms with Gasteiger partial charge in [0, 0.05) is 17.7 Å². The van der Waals surface area contributed by atoms with Crippen LogP contribution in [0.3, 0.4) is 0 Å². The molecule has 0 spiro atoms. The Morgan fingerprint density at radius 2 is 1.48 bits per heavy atom. The third kappa shape index (κ3) is 6.26. The zero-order chi connectivity index (χ0) is 23.8. The minimum absolute atomic E-state index is 0.192. The van der Waals surface area contributed by atoms with Crippen molar-refractivity contribution in [3.63, 3.8) is 0 Å². The summed E-state index contributed by atoms with van der Waals surface area (Å²) in [4.78, 5) is 25.1. The summed E-state index contributed by atoms with van der Waals surface area (Å²) in [6.07, 6.45) is 0.906. The summed E-state index contributed by atoms with van der Waals surface area (Å²) >= 11 is 3.46. The van der Waals surface area contributed by atoms with Crippen molar-refractivity contribution in [2.45, 2.75) is 13.3 Å². The highest BCUT2D eigenvalue weighted by Gasteiger charge is 2.16. The van der Waals surface area contributed by atoms with Gasteiger partial charge in [-0.05, 0) is 52.2 Å². The standard InChI is InChI=1S/C25H25BrN2O5/c1-4-16-10-11-21(18(26)12-16)33-15-24(29)27-19-13-23(32-3)20(14-22(19)31-2)28-25(30)17-8-6-5-7-9-17/h5-14H,4,15H2,1-3H3,(H,27,29)(H,28,30). The zero-order valence-corrected chi connectivity index (χ0v) is 20.2. The van der Waals surface area contributed by atoms with Gasteiger partial charge in [-0.25, -0.2) is 0 Å². The molecule has 0 atom stereocenters. The number of hydrogen-bond donors (Lipinski definition) is 2. The van der Waals surface area contributed by atoms with Gasteiger partial charge in [0.1, 0.15) is 17.2 Å². The maximum absolute atomic E-state index is 12.5. The molecule has 0 aliphatic rings. The molecule has 2 amide bonds. The van der Waals surface area contributed by atoms with E-state index in [1.54, 1.807) is 36.4 Å². The SMILES string of the molecule is CCc1ccc(OCC(=O)Nc2cc(OC)c(NC(=O)c3ccccc3)cc2OC)c(Br)c1. The zero-order valence-electron chi connectivity index (χ0n) is 18.6. The highest BCUT2D eigenvalue weighted by atomic mass is 79.9. The first kappa shape index (κ1) is 24.1. The molecule has 0 aromatic heterocycles. The lowest BCUT2D eigenvalue weighted by Gasteiger charge is -2.16. The van der Waals surface area contributed by atoms with Crippen molar-refractivity contribution < 1.29 is 23.8 Å². The number of anilines is 2. The van der Waals surface area contributed by atoms with Crippen molar-refractivity contribution in [1.82, 2.24) is 0 Å². The summed E-state index contributed by atoms with van der Waals surface area (Å²) in [7, 11) is 2.95. The Labute approximate surface area is 201 Å². The second-order valence-corrected chi connectivity index (χ2v) is 7.88. The number of carbonyl (C=O) groups excluding carboxylic acids is 2. The van der Waals surface area contributed by atoms with Crippen LogP contribution in [-0.2, 0) is 11.2 Å². The summed E-state index contributed by atoms with van der Waals surface area (Å²) in [6.45, 7) is 1.87. The van der Waals surface area contributed by atoms with E-state index in [4.69, 9.17) is 14.2 Å². The quantitative estimate of drug-likeness (QED) is 0.406. The van der Waals surface area contributed by atoms with Gasteiger partial charge in [-0.3, -0.25) is 9.59 Å². The molecular formula is C25H25BrN2O5. The molecule has 2 N–H and O–H groups in total. The highest BCUT2D eigenvalue weighted by Crippen LogP contribution is 2.36. The highest BCUT2D eigenvalue weighted by molar-refractivity contribution is 9.10. The second-order valence-electron chi connectivity index (χ2n) is 7.03. The number of ether oxygens (including phenoxy) is 3. The Balaban J connectivity index is 1.72. The summed E-state index contributed by atoms with van der Waals surface area (Å²) in [5, 5.41) is 5.57. The van der Waals surface area contributed by atoms with Crippen LogP contribution in [0, 0.1) is 0 Å². The van der Waals surface area contributed by atoms with Crippen molar-refractivity contribution in [3.8, 4) is 17.2 Å². The minimum Gasteiger partial charge on any atom is -0.494 e. The minimum atomic E-state index is -0.372. The number of hydrogen-bond acceptors (Lipinski definition) is 5. The van der Waals surface area contributed by atoms with E-state index in [2.05, 4.69) is 33.5 Å². The molecule has 0 unspecified atom stereocenters. The van der Waals surface area contributed by atoms with Crippen LogP contribution in [0.5, 0.6) is 17.2 Å². The molecule has 0 saturated carbocycles. The molecule has 3 aromatic rings. The van der Waals surface area contributed by atoms with Gasteiger partial charge >= 0.3 is 0 Å². The Hall–Kier alpha value is -3.52. The van der Waals surface area contributed by atoms with E-state index in [1.165, 1.54) is 14.2 Å². The van der Waals surface area contributed by atoms with E-state index >= 15 is 0 Å². The first-order valence-corrected chi connectivity index (χ1v) is 11.1. The number of amides is 2. The van der Waals surface area contributed by atoms with Crippen molar-refractivity contribution in [2.24, 2.45) is 0 Å². The average Bonchev–Trinajstić information content (AvgIpc) is 2.84. The van der Waals surface area contributed by atoms with Gasteiger partial charge in [0.05, 0.1) is 30.1 Å². The van der Waals surface area contributed by atoms with E-state index in [9.17, 15) is 9.59 Å². The summed E-state index contributed by atoms with van der Waals surface area (Å²) < 4.78 is 17.2. The lowest BCUT2D eigenvalue weighted by molar-refractivity contribution is -0.118. The topological polar surface area (TPSA) is 85.9 Å². The fourth-order valence-electron chi connectivity index (χ4n) is 3.09. The molecular weight excluding hydrogens is 488 g/mol. The third-order valence-electron chi connectivity index (χ3n) is 4.84. The van der Waals surface area contributed by atoms with Gasteiger partial charge in [0.2, 0.25) is 0 Å². The Bertz CT molecular complexity index is 1140. The Morgan fingerprint density at radius 3 is 2.06 bits per heavy atom. The predicted molar refractivity (Wildman–Crippen MR) is 132 cm³/mol. The number of aryl methyl sites for hydroxylation is 1. The van der Waals surface area contributed by atoms with Crippen molar-refractivity contribution in [1.29, 1.82) is 0 Å². The molecule has 0 heterocycles. The number of halogens is 1. The molecule has 0 aliphatic carbocycles. The van der Waals surface area contributed by atoms with Crippen LogP contribution in [0.2, 0.25) is 0 Å². The summed E-state index contributed by atoms with van der Waals surface area (Å²) in [6, 6.07) is 17.7.